The number of nitrogens with one attached hydrogen (secondary N) is 1. The van der Waals surface area contributed by atoms with E-state index in [0.717, 1.165) is 12.1 Å². The molecule has 19 heavy (non-hydrogen) atoms. The van der Waals surface area contributed by atoms with Gasteiger partial charge in [-0.15, -0.1) is 0 Å². The number of rotatable bonds is 3. The zero-order valence-corrected chi connectivity index (χ0v) is 10.8. The van der Waals surface area contributed by atoms with Crippen molar-refractivity contribution in [2.75, 3.05) is 6.54 Å². The average molecular weight is 285 g/mol. The maximum absolute atomic E-state index is 13.3. The van der Waals surface area contributed by atoms with Gasteiger partial charge in [-0.05, 0) is 6.07 Å². The molecule has 0 saturated heterocycles. The highest BCUT2D eigenvalue weighted by molar-refractivity contribution is 6.32. The Bertz CT molecular complexity index is 578. The minimum Gasteiger partial charge on any atom is -0.355 e. The zero-order chi connectivity index (χ0) is 14.4. The van der Waals surface area contributed by atoms with E-state index < -0.39 is 16.4 Å². The third kappa shape index (κ3) is 4.56. The molecular weight excluding hydrogens is 275 g/mol. The number of amides is 1. The molecule has 0 aromatic heterocycles. The molecule has 7 heteroatoms. The Morgan fingerprint density at radius 3 is 2.84 bits per heavy atom. The van der Waals surface area contributed by atoms with Gasteiger partial charge in [0.05, 0.1) is 9.95 Å². The van der Waals surface area contributed by atoms with Gasteiger partial charge in [0, 0.05) is 31.5 Å². The first kappa shape index (κ1) is 14.9. The predicted molar refractivity (Wildman–Crippen MR) is 68.2 cm³/mol. The fourth-order valence-corrected chi connectivity index (χ4v) is 1.44. The number of nitro benzene ring substituents is 1. The first-order valence-electron chi connectivity index (χ1n) is 5.28. The summed E-state index contributed by atoms with van der Waals surface area (Å²) in [6, 6.07) is 1.85. The van der Waals surface area contributed by atoms with E-state index in [0.29, 0.717) is 13.0 Å². The molecule has 1 N–H and O–H groups in total. The van der Waals surface area contributed by atoms with Crippen molar-refractivity contribution in [2.24, 2.45) is 0 Å². The van der Waals surface area contributed by atoms with Crippen molar-refractivity contribution in [3.05, 3.63) is 38.7 Å². The lowest BCUT2D eigenvalue weighted by atomic mass is 10.2. The fraction of sp³-hybridized carbons (Fsp3) is 0.250. The summed E-state index contributed by atoms with van der Waals surface area (Å²) < 4.78 is 13.3. The minimum absolute atomic E-state index is 0.0140. The Morgan fingerprint density at radius 2 is 2.26 bits per heavy atom. The number of nitrogens with zero attached hydrogens (tertiary/aromatic N) is 1. The third-order valence-electron chi connectivity index (χ3n) is 2.08. The van der Waals surface area contributed by atoms with Crippen LogP contribution in [-0.2, 0) is 4.79 Å². The summed E-state index contributed by atoms with van der Waals surface area (Å²) in [5.41, 5.74) is -0.513. The molecule has 1 aromatic rings. The second-order valence-electron chi connectivity index (χ2n) is 3.58. The van der Waals surface area contributed by atoms with Crippen molar-refractivity contribution >= 4 is 23.2 Å². The fourth-order valence-electron chi connectivity index (χ4n) is 1.23. The Kier molecular flexibility index (Phi) is 5.27. The molecule has 0 spiro atoms. The van der Waals surface area contributed by atoms with Crippen LogP contribution < -0.4 is 5.32 Å². The van der Waals surface area contributed by atoms with E-state index >= 15 is 0 Å². The third-order valence-corrected chi connectivity index (χ3v) is 2.39. The maximum Gasteiger partial charge on any atom is 0.306 e. The van der Waals surface area contributed by atoms with E-state index in [1.807, 2.05) is 0 Å². The number of nitro groups is 1. The topological polar surface area (TPSA) is 72.2 Å². The average Bonchev–Trinajstić information content (AvgIpc) is 2.31. The first-order chi connectivity index (χ1) is 8.91. The number of hydrogen-bond donors (Lipinski definition) is 1. The van der Waals surface area contributed by atoms with Gasteiger partial charge in [-0.25, -0.2) is 0 Å². The Balaban J connectivity index is 2.80. The lowest BCUT2D eigenvalue weighted by Gasteiger charge is -1.98. The molecule has 100 valence electrons. The van der Waals surface area contributed by atoms with E-state index in [4.69, 9.17) is 11.6 Å². The van der Waals surface area contributed by atoms with Gasteiger partial charge in [-0.1, -0.05) is 23.4 Å². The molecule has 0 atom stereocenters. The summed E-state index contributed by atoms with van der Waals surface area (Å²) in [4.78, 5) is 20.2. The number of halogens is 2. The molecule has 0 aliphatic carbocycles. The molecular formula is C12H10ClFN2O3. The molecule has 0 aliphatic rings. The molecule has 0 saturated carbocycles. The van der Waals surface area contributed by atoms with Crippen molar-refractivity contribution in [3.63, 3.8) is 0 Å². The highest BCUT2D eigenvalue weighted by Crippen LogP contribution is 2.25. The summed E-state index contributed by atoms with van der Waals surface area (Å²) in [5.74, 6) is 4.13. The van der Waals surface area contributed by atoms with Crippen LogP contribution in [0.3, 0.4) is 0 Å². The van der Waals surface area contributed by atoms with Gasteiger partial charge in [0.15, 0.2) is 0 Å². The molecule has 0 unspecified atom stereocenters. The number of hydrogen-bond acceptors (Lipinski definition) is 3. The second kappa shape index (κ2) is 6.71. The van der Waals surface area contributed by atoms with Crippen LogP contribution in [0.2, 0.25) is 5.02 Å². The SMILES string of the molecule is CC(=O)NCCC#Cc1cc(F)c([N+](=O)[O-])cc1Cl. The first-order valence-corrected chi connectivity index (χ1v) is 5.66. The van der Waals surface area contributed by atoms with Crippen molar-refractivity contribution in [2.45, 2.75) is 13.3 Å². The van der Waals surface area contributed by atoms with Gasteiger partial charge in [0.25, 0.3) is 0 Å². The molecule has 1 aromatic carbocycles. The van der Waals surface area contributed by atoms with Crippen LogP contribution in [0.15, 0.2) is 12.1 Å². The van der Waals surface area contributed by atoms with Gasteiger partial charge in [0.2, 0.25) is 11.7 Å². The van der Waals surface area contributed by atoms with Crippen LogP contribution in [-0.4, -0.2) is 17.4 Å². The van der Waals surface area contributed by atoms with Crippen LogP contribution in [0.25, 0.3) is 0 Å². The monoisotopic (exact) mass is 284 g/mol. The molecule has 0 radical (unpaired) electrons. The summed E-state index contributed by atoms with van der Waals surface area (Å²) in [6.45, 7) is 1.76. The van der Waals surface area contributed by atoms with Gasteiger partial charge >= 0.3 is 5.69 Å². The van der Waals surface area contributed by atoms with E-state index in [2.05, 4.69) is 17.2 Å². The highest BCUT2D eigenvalue weighted by atomic mass is 35.5. The minimum atomic E-state index is -0.986. The molecule has 5 nitrogen and oxygen atoms in total. The van der Waals surface area contributed by atoms with Gasteiger partial charge in [-0.2, -0.15) is 4.39 Å². The summed E-state index contributed by atoms with van der Waals surface area (Å²) in [7, 11) is 0. The molecule has 1 amide bonds. The number of benzene rings is 1. The summed E-state index contributed by atoms with van der Waals surface area (Å²) in [5, 5.41) is 13.0. The quantitative estimate of drug-likeness (QED) is 0.400. The highest BCUT2D eigenvalue weighted by Gasteiger charge is 2.16. The number of carbonyl (C=O) groups excluding carboxylic acids is 1. The standard InChI is InChI=1S/C12H10ClFN2O3/c1-8(17)15-5-3-2-4-9-6-11(14)12(16(18)19)7-10(9)13/h6-7H,3,5H2,1H3,(H,15,17). The molecule has 0 fully saturated rings. The molecule has 0 heterocycles. The Hall–Kier alpha value is -2.13. The van der Waals surface area contributed by atoms with Crippen LogP contribution in [0.1, 0.15) is 18.9 Å². The largest absolute Gasteiger partial charge is 0.355 e. The van der Waals surface area contributed by atoms with E-state index in [9.17, 15) is 19.3 Å². The van der Waals surface area contributed by atoms with E-state index in [1.54, 1.807) is 0 Å². The van der Waals surface area contributed by atoms with Crippen molar-refractivity contribution in [1.29, 1.82) is 0 Å². The molecule has 0 bridgehead atoms. The van der Waals surface area contributed by atoms with Gasteiger partial charge in [0.1, 0.15) is 0 Å². The van der Waals surface area contributed by atoms with Crippen molar-refractivity contribution < 1.29 is 14.1 Å². The smallest absolute Gasteiger partial charge is 0.306 e. The van der Waals surface area contributed by atoms with Crippen LogP contribution in [0.5, 0.6) is 0 Å². The van der Waals surface area contributed by atoms with Crippen LogP contribution in [0, 0.1) is 27.8 Å². The summed E-state index contributed by atoms with van der Waals surface area (Å²) >= 11 is 5.77. The predicted octanol–water partition coefficient (Wildman–Crippen LogP) is 2.27. The number of carbonyl (C=O) groups is 1. The Morgan fingerprint density at radius 1 is 1.58 bits per heavy atom. The van der Waals surface area contributed by atoms with Crippen molar-refractivity contribution in [3.8, 4) is 11.8 Å². The van der Waals surface area contributed by atoms with Gasteiger partial charge < -0.3 is 5.32 Å². The molecule has 0 aliphatic heterocycles. The second-order valence-corrected chi connectivity index (χ2v) is 3.98. The van der Waals surface area contributed by atoms with Crippen LogP contribution >= 0.6 is 11.6 Å². The van der Waals surface area contributed by atoms with Crippen molar-refractivity contribution in [1.82, 2.24) is 5.32 Å². The lowest BCUT2D eigenvalue weighted by molar-refractivity contribution is -0.387. The van der Waals surface area contributed by atoms with E-state index in [-0.39, 0.29) is 16.5 Å². The Labute approximate surface area is 113 Å². The van der Waals surface area contributed by atoms with Gasteiger partial charge in [-0.3, -0.25) is 14.9 Å². The van der Waals surface area contributed by atoms with E-state index in [1.165, 1.54) is 6.92 Å². The van der Waals surface area contributed by atoms with Crippen LogP contribution in [0.4, 0.5) is 10.1 Å². The zero-order valence-electron chi connectivity index (χ0n) is 10.00. The lowest BCUT2D eigenvalue weighted by Crippen LogP contribution is -2.20. The summed E-state index contributed by atoms with van der Waals surface area (Å²) in [6.07, 6.45) is 0.370. The molecule has 1 rings (SSSR count). The maximum atomic E-state index is 13.3. The normalized spacial score (nSPS) is 9.42.